The van der Waals surface area contributed by atoms with Crippen LogP contribution in [0.25, 0.3) is 0 Å². The van der Waals surface area contributed by atoms with E-state index in [1.165, 1.54) is 25.9 Å². The first-order chi connectivity index (χ1) is 8.25. The van der Waals surface area contributed by atoms with Crippen molar-refractivity contribution in [2.75, 3.05) is 26.2 Å². The van der Waals surface area contributed by atoms with Crippen LogP contribution in [-0.2, 0) is 0 Å². The molecule has 1 atom stereocenters. The van der Waals surface area contributed by atoms with Crippen LogP contribution in [0.2, 0.25) is 0 Å². The molecule has 2 N–H and O–H groups in total. The second kappa shape index (κ2) is 5.98. The molecule has 1 fully saturated rings. The fraction of sp³-hybridized carbons (Fsp3) is 0.615. The van der Waals surface area contributed by atoms with Crippen LogP contribution in [0.3, 0.4) is 0 Å². The monoisotopic (exact) mass is 235 g/mol. The SMILES string of the molecule is C[C@H](N)c1ccc(OCCN2CCCC2)nc1. The highest BCUT2D eigenvalue weighted by atomic mass is 16.5. The third-order valence-electron chi connectivity index (χ3n) is 3.14. The van der Waals surface area contributed by atoms with Gasteiger partial charge in [0.1, 0.15) is 6.61 Å². The number of pyridine rings is 1. The van der Waals surface area contributed by atoms with Gasteiger partial charge in [0.25, 0.3) is 0 Å². The van der Waals surface area contributed by atoms with Gasteiger partial charge in [-0.15, -0.1) is 0 Å². The first-order valence-corrected chi connectivity index (χ1v) is 6.32. The average molecular weight is 235 g/mol. The highest BCUT2D eigenvalue weighted by molar-refractivity contribution is 5.19. The molecule has 0 aliphatic carbocycles. The van der Waals surface area contributed by atoms with Crippen molar-refractivity contribution < 1.29 is 4.74 Å². The molecule has 4 heteroatoms. The molecule has 0 bridgehead atoms. The molecular formula is C13H21N3O. The highest BCUT2D eigenvalue weighted by Crippen LogP contribution is 2.12. The van der Waals surface area contributed by atoms with Crippen molar-refractivity contribution in [1.82, 2.24) is 9.88 Å². The fourth-order valence-corrected chi connectivity index (χ4v) is 2.03. The second-order valence-corrected chi connectivity index (χ2v) is 4.62. The number of hydrogen-bond acceptors (Lipinski definition) is 4. The summed E-state index contributed by atoms with van der Waals surface area (Å²) in [4.78, 5) is 6.67. The molecule has 2 heterocycles. The lowest BCUT2D eigenvalue weighted by atomic mass is 10.2. The van der Waals surface area contributed by atoms with Crippen molar-refractivity contribution in [3.05, 3.63) is 23.9 Å². The quantitative estimate of drug-likeness (QED) is 0.841. The fourth-order valence-electron chi connectivity index (χ4n) is 2.03. The van der Waals surface area contributed by atoms with Gasteiger partial charge in [-0.1, -0.05) is 6.07 Å². The Morgan fingerprint density at radius 2 is 2.18 bits per heavy atom. The van der Waals surface area contributed by atoms with Crippen molar-refractivity contribution in [3.8, 4) is 5.88 Å². The van der Waals surface area contributed by atoms with Crippen LogP contribution in [0.1, 0.15) is 31.4 Å². The molecule has 1 aliphatic rings. The Hall–Kier alpha value is -1.13. The molecule has 0 unspecified atom stereocenters. The van der Waals surface area contributed by atoms with E-state index in [4.69, 9.17) is 10.5 Å². The van der Waals surface area contributed by atoms with E-state index in [0.717, 1.165) is 12.1 Å². The van der Waals surface area contributed by atoms with E-state index in [1.807, 2.05) is 19.1 Å². The number of likely N-dealkylation sites (tertiary alicyclic amines) is 1. The Kier molecular flexibility index (Phi) is 4.34. The maximum absolute atomic E-state index is 5.76. The van der Waals surface area contributed by atoms with Crippen LogP contribution >= 0.6 is 0 Å². The zero-order chi connectivity index (χ0) is 12.1. The molecule has 1 aromatic rings. The molecule has 4 nitrogen and oxygen atoms in total. The van der Waals surface area contributed by atoms with Crippen LogP contribution in [0.5, 0.6) is 5.88 Å². The van der Waals surface area contributed by atoms with Crippen LogP contribution < -0.4 is 10.5 Å². The number of ether oxygens (including phenoxy) is 1. The third kappa shape index (κ3) is 3.68. The molecule has 0 spiro atoms. The number of nitrogens with zero attached hydrogens (tertiary/aromatic N) is 2. The Balaban J connectivity index is 1.74. The van der Waals surface area contributed by atoms with Crippen molar-refractivity contribution in [3.63, 3.8) is 0 Å². The first kappa shape index (κ1) is 12.3. The predicted octanol–water partition coefficient (Wildman–Crippen LogP) is 1.58. The average Bonchev–Trinajstić information content (AvgIpc) is 2.83. The summed E-state index contributed by atoms with van der Waals surface area (Å²) in [6.07, 6.45) is 4.43. The minimum atomic E-state index is 0.0288. The minimum Gasteiger partial charge on any atom is -0.476 e. The molecule has 94 valence electrons. The van der Waals surface area contributed by atoms with Crippen molar-refractivity contribution >= 4 is 0 Å². The van der Waals surface area contributed by atoms with Crippen LogP contribution in [0.4, 0.5) is 0 Å². The topological polar surface area (TPSA) is 51.4 Å². The molecule has 2 rings (SSSR count). The van der Waals surface area contributed by atoms with Gasteiger partial charge in [0.2, 0.25) is 5.88 Å². The van der Waals surface area contributed by atoms with Crippen LogP contribution in [-0.4, -0.2) is 36.1 Å². The van der Waals surface area contributed by atoms with Gasteiger partial charge in [0.15, 0.2) is 0 Å². The van der Waals surface area contributed by atoms with Gasteiger partial charge in [0, 0.05) is 24.8 Å². The normalized spacial score (nSPS) is 18.2. The van der Waals surface area contributed by atoms with Crippen molar-refractivity contribution in [2.24, 2.45) is 5.73 Å². The Morgan fingerprint density at radius 1 is 1.41 bits per heavy atom. The van der Waals surface area contributed by atoms with E-state index in [-0.39, 0.29) is 6.04 Å². The summed E-state index contributed by atoms with van der Waals surface area (Å²) in [6, 6.07) is 3.90. The summed E-state index contributed by atoms with van der Waals surface area (Å²) in [5.41, 5.74) is 6.80. The Morgan fingerprint density at radius 3 is 2.76 bits per heavy atom. The molecule has 17 heavy (non-hydrogen) atoms. The van der Waals surface area contributed by atoms with Crippen molar-refractivity contribution in [2.45, 2.75) is 25.8 Å². The zero-order valence-electron chi connectivity index (χ0n) is 10.4. The lowest BCUT2D eigenvalue weighted by Crippen LogP contribution is -2.25. The van der Waals surface area contributed by atoms with Gasteiger partial charge in [-0.2, -0.15) is 0 Å². The zero-order valence-corrected chi connectivity index (χ0v) is 10.4. The summed E-state index contributed by atoms with van der Waals surface area (Å²) in [6.45, 7) is 6.08. The second-order valence-electron chi connectivity index (χ2n) is 4.62. The smallest absolute Gasteiger partial charge is 0.213 e. The lowest BCUT2D eigenvalue weighted by molar-refractivity contribution is 0.232. The summed E-state index contributed by atoms with van der Waals surface area (Å²) >= 11 is 0. The standard InChI is InChI=1S/C13H21N3O/c1-11(14)12-4-5-13(15-10-12)17-9-8-16-6-2-3-7-16/h4-5,10-11H,2-3,6-9,14H2,1H3/t11-/m0/s1. The van der Waals surface area contributed by atoms with Gasteiger partial charge >= 0.3 is 0 Å². The summed E-state index contributed by atoms with van der Waals surface area (Å²) < 4.78 is 5.61. The number of rotatable bonds is 5. The van der Waals surface area contributed by atoms with E-state index < -0.39 is 0 Å². The number of hydrogen-bond donors (Lipinski definition) is 1. The molecule has 0 amide bonds. The van der Waals surface area contributed by atoms with Crippen LogP contribution in [0, 0.1) is 0 Å². The van der Waals surface area contributed by atoms with E-state index in [0.29, 0.717) is 12.5 Å². The molecule has 0 radical (unpaired) electrons. The van der Waals surface area contributed by atoms with E-state index in [2.05, 4.69) is 9.88 Å². The van der Waals surface area contributed by atoms with Gasteiger partial charge in [0.05, 0.1) is 0 Å². The van der Waals surface area contributed by atoms with Crippen LogP contribution in [0.15, 0.2) is 18.3 Å². The lowest BCUT2D eigenvalue weighted by Gasteiger charge is -2.14. The first-order valence-electron chi connectivity index (χ1n) is 6.32. The summed E-state index contributed by atoms with van der Waals surface area (Å²) in [5.74, 6) is 0.689. The highest BCUT2D eigenvalue weighted by Gasteiger charge is 2.10. The number of aromatic nitrogens is 1. The van der Waals surface area contributed by atoms with Gasteiger partial charge in [-0.3, -0.25) is 4.90 Å². The van der Waals surface area contributed by atoms with Crippen molar-refractivity contribution in [1.29, 1.82) is 0 Å². The predicted molar refractivity (Wildman–Crippen MR) is 68.0 cm³/mol. The minimum absolute atomic E-state index is 0.0288. The molecule has 0 aromatic carbocycles. The van der Waals surface area contributed by atoms with Gasteiger partial charge in [-0.25, -0.2) is 4.98 Å². The molecule has 1 aliphatic heterocycles. The maximum Gasteiger partial charge on any atom is 0.213 e. The Bertz CT molecular complexity index is 331. The molecule has 1 saturated heterocycles. The molecule has 1 aromatic heterocycles. The van der Waals surface area contributed by atoms with Gasteiger partial charge < -0.3 is 10.5 Å². The van der Waals surface area contributed by atoms with E-state index in [9.17, 15) is 0 Å². The summed E-state index contributed by atoms with van der Waals surface area (Å²) in [7, 11) is 0. The Labute approximate surface area is 103 Å². The molecule has 0 saturated carbocycles. The largest absolute Gasteiger partial charge is 0.476 e. The maximum atomic E-state index is 5.76. The molecular weight excluding hydrogens is 214 g/mol. The van der Waals surface area contributed by atoms with E-state index >= 15 is 0 Å². The third-order valence-corrected chi connectivity index (χ3v) is 3.14. The summed E-state index contributed by atoms with van der Waals surface area (Å²) in [5, 5.41) is 0. The van der Waals surface area contributed by atoms with Gasteiger partial charge in [-0.05, 0) is 38.4 Å². The van der Waals surface area contributed by atoms with E-state index in [1.54, 1.807) is 6.20 Å². The number of nitrogens with two attached hydrogens (primary N) is 1.